The van der Waals surface area contributed by atoms with Crippen LogP contribution in [0.3, 0.4) is 0 Å². The van der Waals surface area contributed by atoms with Gasteiger partial charge in [0.15, 0.2) is 0 Å². The molecule has 1 aromatic carbocycles. The zero-order chi connectivity index (χ0) is 15.5. The monoisotopic (exact) mass is 301 g/mol. The van der Waals surface area contributed by atoms with Crippen LogP contribution in [0.4, 0.5) is 0 Å². The van der Waals surface area contributed by atoms with E-state index in [1.54, 1.807) is 0 Å². The lowest BCUT2D eigenvalue weighted by Crippen LogP contribution is -2.39. The summed E-state index contributed by atoms with van der Waals surface area (Å²) < 4.78 is 5.50. The molecule has 1 atom stereocenters. The number of aromatic amines is 1. The fraction of sp³-hybridized carbons (Fsp3) is 0.529. The Morgan fingerprint density at radius 1 is 1.50 bits per heavy atom. The van der Waals surface area contributed by atoms with Crippen molar-refractivity contribution in [3.63, 3.8) is 0 Å². The second-order valence-electron chi connectivity index (χ2n) is 5.89. The second kappa shape index (κ2) is 6.48. The quantitative estimate of drug-likeness (QED) is 0.923. The molecular weight excluding hydrogens is 278 g/mol. The second-order valence-corrected chi connectivity index (χ2v) is 5.89. The number of aryl methyl sites for hydroxylation is 1. The highest BCUT2D eigenvalue weighted by Gasteiger charge is 2.28. The van der Waals surface area contributed by atoms with E-state index >= 15 is 0 Å². The molecule has 1 N–H and O–H groups in total. The summed E-state index contributed by atoms with van der Waals surface area (Å²) in [5.74, 6) is 1.09. The van der Waals surface area contributed by atoms with Gasteiger partial charge in [0.1, 0.15) is 5.82 Å². The Bertz CT molecular complexity index is 665. The number of carbonyl (C=O) groups is 1. The van der Waals surface area contributed by atoms with E-state index in [2.05, 4.69) is 9.97 Å². The zero-order valence-corrected chi connectivity index (χ0v) is 13.3. The van der Waals surface area contributed by atoms with Gasteiger partial charge in [-0.2, -0.15) is 0 Å². The van der Waals surface area contributed by atoms with Crippen molar-refractivity contribution >= 4 is 16.9 Å². The summed E-state index contributed by atoms with van der Waals surface area (Å²) in [6, 6.07) is 6.24. The maximum atomic E-state index is 12.6. The number of hydrogen-bond acceptors (Lipinski definition) is 3. The fourth-order valence-electron chi connectivity index (χ4n) is 3.16. The van der Waals surface area contributed by atoms with Crippen molar-refractivity contribution in [1.82, 2.24) is 14.9 Å². The smallest absolute Gasteiger partial charge is 0.227 e. The molecule has 5 nitrogen and oxygen atoms in total. The van der Waals surface area contributed by atoms with Crippen molar-refractivity contribution in [2.24, 2.45) is 0 Å². The number of carbonyl (C=O) groups excluding carboxylic acids is 1. The Balaban J connectivity index is 1.69. The van der Waals surface area contributed by atoms with E-state index in [-0.39, 0.29) is 11.9 Å². The van der Waals surface area contributed by atoms with Crippen LogP contribution < -0.4 is 0 Å². The average molecular weight is 301 g/mol. The molecule has 5 heteroatoms. The van der Waals surface area contributed by atoms with E-state index in [4.69, 9.17) is 4.74 Å². The summed E-state index contributed by atoms with van der Waals surface area (Å²) in [6.45, 7) is 6.13. The van der Waals surface area contributed by atoms with E-state index in [1.165, 1.54) is 0 Å². The van der Waals surface area contributed by atoms with Crippen LogP contribution in [0.25, 0.3) is 11.0 Å². The number of imidazole rings is 1. The minimum atomic E-state index is 0.192. The molecule has 22 heavy (non-hydrogen) atoms. The lowest BCUT2D eigenvalue weighted by Gasteiger charge is -2.24. The van der Waals surface area contributed by atoms with Crippen molar-refractivity contribution in [3.8, 4) is 0 Å². The van der Waals surface area contributed by atoms with Gasteiger partial charge in [-0.3, -0.25) is 4.79 Å². The third-order valence-corrected chi connectivity index (χ3v) is 4.23. The van der Waals surface area contributed by atoms with Crippen molar-refractivity contribution in [1.29, 1.82) is 0 Å². The molecule has 1 aromatic heterocycles. The van der Waals surface area contributed by atoms with E-state index in [9.17, 15) is 4.79 Å². The number of nitrogens with one attached hydrogen (secondary N) is 1. The van der Waals surface area contributed by atoms with Gasteiger partial charge < -0.3 is 14.6 Å². The highest BCUT2D eigenvalue weighted by Crippen LogP contribution is 2.20. The Hall–Kier alpha value is -1.88. The van der Waals surface area contributed by atoms with Gasteiger partial charge in [-0.1, -0.05) is 6.07 Å². The number of fused-ring (bicyclic) bond motifs is 1. The number of benzene rings is 1. The lowest BCUT2D eigenvalue weighted by molar-refractivity contribution is -0.132. The molecule has 3 rings (SSSR count). The maximum Gasteiger partial charge on any atom is 0.227 e. The summed E-state index contributed by atoms with van der Waals surface area (Å²) in [5, 5.41) is 0. The van der Waals surface area contributed by atoms with Crippen molar-refractivity contribution < 1.29 is 9.53 Å². The predicted octanol–water partition coefficient (Wildman–Crippen LogP) is 2.44. The highest BCUT2D eigenvalue weighted by molar-refractivity contribution is 5.82. The first-order valence-corrected chi connectivity index (χ1v) is 8.00. The van der Waals surface area contributed by atoms with Crippen molar-refractivity contribution in [2.75, 3.05) is 19.8 Å². The summed E-state index contributed by atoms with van der Waals surface area (Å²) >= 11 is 0. The third kappa shape index (κ3) is 3.14. The van der Waals surface area contributed by atoms with Gasteiger partial charge in [-0.25, -0.2) is 4.98 Å². The van der Waals surface area contributed by atoms with Gasteiger partial charge >= 0.3 is 0 Å². The van der Waals surface area contributed by atoms with Crippen LogP contribution in [-0.2, 0) is 16.0 Å². The first-order chi connectivity index (χ1) is 10.7. The van der Waals surface area contributed by atoms with Gasteiger partial charge in [-0.15, -0.1) is 0 Å². The number of nitrogens with zero attached hydrogens (tertiary/aromatic N) is 2. The molecule has 1 saturated heterocycles. The van der Waals surface area contributed by atoms with Crippen LogP contribution in [0.2, 0.25) is 0 Å². The third-order valence-electron chi connectivity index (χ3n) is 4.23. The molecule has 0 saturated carbocycles. The van der Waals surface area contributed by atoms with E-state index in [0.29, 0.717) is 19.6 Å². The molecule has 0 aliphatic carbocycles. The fourth-order valence-corrected chi connectivity index (χ4v) is 3.16. The summed E-state index contributed by atoms with van der Waals surface area (Å²) in [6.07, 6.45) is 2.56. The first kappa shape index (κ1) is 15.0. The molecule has 1 aliphatic heterocycles. The molecule has 1 aliphatic rings. The van der Waals surface area contributed by atoms with Crippen LogP contribution in [0.5, 0.6) is 0 Å². The molecule has 1 fully saturated rings. The molecule has 1 unspecified atom stereocenters. The summed E-state index contributed by atoms with van der Waals surface area (Å²) in [4.78, 5) is 22.2. The molecule has 2 heterocycles. The Kier molecular flexibility index (Phi) is 4.43. The van der Waals surface area contributed by atoms with E-state index < -0.39 is 0 Å². The predicted molar refractivity (Wildman–Crippen MR) is 85.8 cm³/mol. The normalized spacial score (nSPS) is 18.3. The molecule has 0 bridgehead atoms. The Morgan fingerprint density at radius 3 is 3.18 bits per heavy atom. The van der Waals surface area contributed by atoms with Gasteiger partial charge in [0.2, 0.25) is 5.91 Å². The van der Waals surface area contributed by atoms with Crippen LogP contribution in [-0.4, -0.2) is 46.6 Å². The zero-order valence-electron chi connectivity index (χ0n) is 13.3. The standard InChI is InChI=1S/C17H23N3O2/c1-3-22-11-14-5-4-8-20(14)17(21)10-13-6-7-15-16(9-13)19-12(2)18-15/h6-7,9,14H,3-5,8,10-11H2,1-2H3,(H,18,19). The van der Waals surface area contributed by atoms with Crippen molar-refractivity contribution in [3.05, 3.63) is 29.6 Å². The minimum Gasteiger partial charge on any atom is -0.380 e. The minimum absolute atomic E-state index is 0.192. The topological polar surface area (TPSA) is 58.2 Å². The molecular formula is C17H23N3O2. The van der Waals surface area contributed by atoms with E-state index in [0.717, 1.165) is 41.8 Å². The molecule has 2 aromatic rings. The number of H-pyrrole nitrogens is 1. The number of aromatic nitrogens is 2. The largest absolute Gasteiger partial charge is 0.380 e. The molecule has 118 valence electrons. The lowest BCUT2D eigenvalue weighted by atomic mass is 10.1. The number of hydrogen-bond donors (Lipinski definition) is 1. The molecule has 1 amide bonds. The number of amides is 1. The molecule has 0 spiro atoms. The van der Waals surface area contributed by atoms with Gasteiger partial charge in [-0.05, 0) is 44.4 Å². The number of rotatable bonds is 5. The number of likely N-dealkylation sites (tertiary alicyclic amines) is 1. The Labute approximate surface area is 130 Å². The number of ether oxygens (including phenoxy) is 1. The van der Waals surface area contributed by atoms with Gasteiger partial charge in [0.05, 0.1) is 30.1 Å². The summed E-state index contributed by atoms with van der Waals surface area (Å²) in [5.41, 5.74) is 2.97. The van der Waals surface area contributed by atoms with Crippen LogP contribution in [0, 0.1) is 6.92 Å². The average Bonchev–Trinajstić information content (AvgIpc) is 3.09. The molecule has 0 radical (unpaired) electrons. The maximum absolute atomic E-state index is 12.6. The van der Waals surface area contributed by atoms with Gasteiger partial charge in [0.25, 0.3) is 0 Å². The van der Waals surface area contributed by atoms with Crippen LogP contribution >= 0.6 is 0 Å². The SMILES string of the molecule is CCOCC1CCCN1C(=O)Cc1ccc2nc(C)[nH]c2c1. The van der Waals surface area contributed by atoms with E-state index in [1.807, 2.05) is 36.9 Å². The van der Waals surface area contributed by atoms with Gasteiger partial charge in [0, 0.05) is 13.2 Å². The van der Waals surface area contributed by atoms with Crippen molar-refractivity contribution in [2.45, 2.75) is 39.2 Å². The van der Waals surface area contributed by atoms with Crippen LogP contribution in [0.1, 0.15) is 31.2 Å². The highest BCUT2D eigenvalue weighted by atomic mass is 16.5. The Morgan fingerprint density at radius 2 is 2.36 bits per heavy atom. The van der Waals surface area contributed by atoms with Crippen LogP contribution in [0.15, 0.2) is 18.2 Å². The summed E-state index contributed by atoms with van der Waals surface area (Å²) in [7, 11) is 0. The first-order valence-electron chi connectivity index (χ1n) is 8.00.